The maximum atomic E-state index is 12.2. The van der Waals surface area contributed by atoms with E-state index in [1.807, 2.05) is 54.6 Å². The van der Waals surface area contributed by atoms with Crippen molar-refractivity contribution in [3.63, 3.8) is 0 Å². The molecule has 0 fully saturated rings. The van der Waals surface area contributed by atoms with Crippen molar-refractivity contribution in [3.8, 4) is 0 Å². The van der Waals surface area contributed by atoms with Crippen LogP contribution in [0, 0.1) is 0 Å². The van der Waals surface area contributed by atoms with Gasteiger partial charge in [-0.15, -0.1) is 0 Å². The Kier molecular flexibility index (Phi) is 6.27. The normalized spacial score (nSPS) is 10.5. The van der Waals surface area contributed by atoms with Crippen molar-refractivity contribution >= 4 is 34.0 Å². The predicted octanol–water partition coefficient (Wildman–Crippen LogP) is 4.48. The second-order valence-electron chi connectivity index (χ2n) is 6.37. The molecule has 0 aliphatic carbocycles. The van der Waals surface area contributed by atoms with Crippen molar-refractivity contribution in [2.45, 2.75) is 13.8 Å². The highest BCUT2D eigenvalue weighted by molar-refractivity contribution is 6.03. The van der Waals surface area contributed by atoms with Gasteiger partial charge in [0.2, 0.25) is 0 Å². The number of rotatable bonds is 7. The maximum absolute atomic E-state index is 12.2. The van der Waals surface area contributed by atoms with Crippen LogP contribution >= 0.6 is 0 Å². The van der Waals surface area contributed by atoms with Gasteiger partial charge >= 0.3 is 5.97 Å². The summed E-state index contributed by atoms with van der Waals surface area (Å²) in [6, 6.07) is 20.7. The number of esters is 1. The zero-order valence-electron chi connectivity index (χ0n) is 16.1. The standard InChI is InChI=1S/C23H24N2O3/c1-3-25(4-2)19-14-12-18(13-15-19)23(27)28-16-22(26)24-21-11-7-9-17-8-5-6-10-20(17)21/h5-15H,3-4,16H2,1-2H3,(H,24,26). The molecule has 0 atom stereocenters. The Bertz CT molecular complexity index is 958. The molecule has 5 heteroatoms. The zero-order chi connectivity index (χ0) is 19.9. The molecule has 3 rings (SSSR count). The van der Waals surface area contributed by atoms with Gasteiger partial charge in [0.25, 0.3) is 5.91 Å². The fraction of sp³-hybridized carbons (Fsp3) is 0.217. The summed E-state index contributed by atoms with van der Waals surface area (Å²) in [7, 11) is 0. The minimum atomic E-state index is -0.515. The molecule has 0 saturated heterocycles. The van der Waals surface area contributed by atoms with Crippen molar-refractivity contribution in [1.29, 1.82) is 0 Å². The first-order chi connectivity index (χ1) is 13.6. The van der Waals surface area contributed by atoms with Crippen LogP contribution < -0.4 is 10.2 Å². The molecule has 3 aromatic rings. The van der Waals surface area contributed by atoms with Crippen LogP contribution in [-0.4, -0.2) is 31.6 Å². The lowest BCUT2D eigenvalue weighted by Gasteiger charge is -2.20. The smallest absolute Gasteiger partial charge is 0.338 e. The van der Waals surface area contributed by atoms with Gasteiger partial charge in [-0.05, 0) is 49.6 Å². The summed E-state index contributed by atoms with van der Waals surface area (Å²) in [5.74, 6) is -0.886. The second-order valence-corrected chi connectivity index (χ2v) is 6.37. The first kappa shape index (κ1) is 19.4. The minimum absolute atomic E-state index is 0.333. The molecule has 0 radical (unpaired) electrons. The first-order valence-electron chi connectivity index (χ1n) is 9.42. The van der Waals surface area contributed by atoms with E-state index in [0.29, 0.717) is 11.3 Å². The van der Waals surface area contributed by atoms with Crippen LogP contribution in [-0.2, 0) is 9.53 Å². The molecule has 0 aromatic heterocycles. The molecule has 1 N–H and O–H groups in total. The molecule has 144 valence electrons. The average molecular weight is 376 g/mol. The highest BCUT2D eigenvalue weighted by atomic mass is 16.5. The molecule has 1 amide bonds. The summed E-state index contributed by atoms with van der Waals surface area (Å²) in [4.78, 5) is 26.6. The van der Waals surface area contributed by atoms with E-state index in [1.54, 1.807) is 12.1 Å². The van der Waals surface area contributed by atoms with Gasteiger partial charge < -0.3 is 15.0 Å². The summed E-state index contributed by atoms with van der Waals surface area (Å²) in [5, 5.41) is 4.78. The van der Waals surface area contributed by atoms with Gasteiger partial charge in [-0.1, -0.05) is 36.4 Å². The van der Waals surface area contributed by atoms with Crippen LogP contribution in [0.1, 0.15) is 24.2 Å². The van der Waals surface area contributed by atoms with Crippen molar-refractivity contribution in [2.75, 3.05) is 29.9 Å². The van der Waals surface area contributed by atoms with Crippen LogP contribution in [0.5, 0.6) is 0 Å². The topological polar surface area (TPSA) is 58.6 Å². The Hall–Kier alpha value is -3.34. The maximum Gasteiger partial charge on any atom is 0.338 e. The van der Waals surface area contributed by atoms with Gasteiger partial charge in [-0.3, -0.25) is 4.79 Å². The number of ether oxygens (including phenoxy) is 1. The summed E-state index contributed by atoms with van der Waals surface area (Å²) < 4.78 is 5.16. The molecule has 0 heterocycles. The lowest BCUT2D eigenvalue weighted by atomic mass is 10.1. The summed E-state index contributed by atoms with van der Waals surface area (Å²) >= 11 is 0. The summed E-state index contributed by atoms with van der Waals surface area (Å²) in [6.45, 7) is 5.63. The molecule has 0 aliphatic heterocycles. The fourth-order valence-electron chi connectivity index (χ4n) is 3.13. The van der Waals surface area contributed by atoms with E-state index >= 15 is 0 Å². The number of fused-ring (bicyclic) bond motifs is 1. The fourth-order valence-corrected chi connectivity index (χ4v) is 3.13. The van der Waals surface area contributed by atoms with Gasteiger partial charge in [0.05, 0.1) is 5.56 Å². The molecule has 0 unspecified atom stereocenters. The second kappa shape index (κ2) is 9.04. The summed E-state index contributed by atoms with van der Waals surface area (Å²) in [6.07, 6.45) is 0. The van der Waals surface area contributed by atoms with Gasteiger partial charge in [-0.25, -0.2) is 4.79 Å². The van der Waals surface area contributed by atoms with E-state index in [0.717, 1.165) is 29.5 Å². The molecule has 0 bridgehead atoms. The van der Waals surface area contributed by atoms with Crippen LogP contribution in [0.4, 0.5) is 11.4 Å². The Labute approximate surface area is 164 Å². The number of benzene rings is 3. The highest BCUT2D eigenvalue weighted by Crippen LogP contribution is 2.22. The number of hydrogen-bond donors (Lipinski definition) is 1. The summed E-state index contributed by atoms with van der Waals surface area (Å²) in [5.41, 5.74) is 2.17. The zero-order valence-corrected chi connectivity index (χ0v) is 16.1. The molecule has 5 nitrogen and oxygen atoms in total. The number of carbonyl (C=O) groups excluding carboxylic acids is 2. The van der Waals surface area contributed by atoms with Crippen LogP contribution in [0.3, 0.4) is 0 Å². The number of hydrogen-bond acceptors (Lipinski definition) is 4. The first-order valence-corrected chi connectivity index (χ1v) is 9.42. The molecule has 0 aliphatic rings. The number of carbonyl (C=O) groups is 2. The quantitative estimate of drug-likeness (QED) is 0.618. The molecule has 28 heavy (non-hydrogen) atoms. The van der Waals surface area contributed by atoms with E-state index in [9.17, 15) is 9.59 Å². The monoisotopic (exact) mass is 376 g/mol. The van der Waals surface area contributed by atoms with Crippen LogP contribution in [0.15, 0.2) is 66.7 Å². The Morgan fingerprint density at radius 3 is 2.29 bits per heavy atom. The van der Waals surface area contributed by atoms with Crippen LogP contribution in [0.2, 0.25) is 0 Å². The third kappa shape index (κ3) is 4.49. The highest BCUT2D eigenvalue weighted by Gasteiger charge is 2.12. The van der Waals surface area contributed by atoms with Crippen molar-refractivity contribution < 1.29 is 14.3 Å². The van der Waals surface area contributed by atoms with Gasteiger partial charge in [0, 0.05) is 29.9 Å². The molecular formula is C23H24N2O3. The van der Waals surface area contributed by atoms with Crippen molar-refractivity contribution in [2.24, 2.45) is 0 Å². The number of nitrogens with zero attached hydrogens (tertiary/aromatic N) is 1. The Balaban J connectivity index is 1.59. The number of nitrogens with one attached hydrogen (secondary N) is 1. The van der Waals surface area contributed by atoms with Gasteiger partial charge in [0.15, 0.2) is 6.61 Å². The van der Waals surface area contributed by atoms with Gasteiger partial charge in [0.1, 0.15) is 0 Å². The number of anilines is 2. The third-order valence-electron chi connectivity index (χ3n) is 4.63. The van der Waals surface area contributed by atoms with Crippen molar-refractivity contribution in [3.05, 3.63) is 72.3 Å². The SMILES string of the molecule is CCN(CC)c1ccc(C(=O)OCC(=O)Nc2cccc3ccccc23)cc1. The molecule has 0 saturated carbocycles. The number of amides is 1. The molecular weight excluding hydrogens is 352 g/mol. The lowest BCUT2D eigenvalue weighted by molar-refractivity contribution is -0.119. The van der Waals surface area contributed by atoms with Crippen molar-refractivity contribution in [1.82, 2.24) is 0 Å². The average Bonchev–Trinajstić information content (AvgIpc) is 2.74. The molecule has 0 spiro atoms. The molecule has 3 aromatic carbocycles. The van der Waals surface area contributed by atoms with E-state index in [1.165, 1.54) is 0 Å². The Morgan fingerprint density at radius 2 is 1.57 bits per heavy atom. The minimum Gasteiger partial charge on any atom is -0.452 e. The van der Waals surface area contributed by atoms with E-state index in [2.05, 4.69) is 24.1 Å². The predicted molar refractivity (Wildman–Crippen MR) is 113 cm³/mol. The Morgan fingerprint density at radius 1 is 0.893 bits per heavy atom. The van der Waals surface area contributed by atoms with Gasteiger partial charge in [-0.2, -0.15) is 0 Å². The van der Waals surface area contributed by atoms with E-state index in [4.69, 9.17) is 4.74 Å². The largest absolute Gasteiger partial charge is 0.452 e. The van der Waals surface area contributed by atoms with E-state index < -0.39 is 5.97 Å². The lowest BCUT2D eigenvalue weighted by Crippen LogP contribution is -2.22. The van der Waals surface area contributed by atoms with E-state index in [-0.39, 0.29) is 12.5 Å². The van der Waals surface area contributed by atoms with Crippen LogP contribution in [0.25, 0.3) is 10.8 Å². The third-order valence-corrected chi connectivity index (χ3v) is 4.63.